The van der Waals surface area contributed by atoms with Crippen molar-refractivity contribution < 1.29 is 19.0 Å². The van der Waals surface area contributed by atoms with Crippen LogP contribution in [0.5, 0.6) is 11.5 Å². The molecule has 0 aliphatic carbocycles. The van der Waals surface area contributed by atoms with E-state index in [1.807, 2.05) is 57.2 Å². The molecule has 1 atom stereocenters. The van der Waals surface area contributed by atoms with Gasteiger partial charge in [0, 0.05) is 5.70 Å². The second-order valence-electron chi connectivity index (χ2n) is 8.30. The molecule has 4 rings (SSSR count). The molecule has 1 aliphatic rings. The monoisotopic (exact) mass is 584 g/mol. The summed E-state index contributed by atoms with van der Waals surface area (Å²) in [6.45, 7) is 10.0. The number of aromatic nitrogens is 3. The van der Waals surface area contributed by atoms with Crippen LogP contribution in [0, 0.1) is 6.92 Å². The van der Waals surface area contributed by atoms with Crippen LogP contribution in [0.25, 0.3) is 0 Å². The van der Waals surface area contributed by atoms with Gasteiger partial charge in [0.25, 0.3) is 0 Å². The Morgan fingerprint density at radius 1 is 1.30 bits per heavy atom. The number of carbonyl (C=O) groups excluding carboxylic acids is 1. The van der Waals surface area contributed by atoms with E-state index in [2.05, 4.69) is 32.8 Å². The number of esters is 1. The molecule has 1 unspecified atom stereocenters. The highest BCUT2D eigenvalue weighted by molar-refractivity contribution is 9.10. The number of hydrogen-bond acceptors (Lipinski definition) is 8. The first-order valence-corrected chi connectivity index (χ1v) is 13.6. The van der Waals surface area contributed by atoms with Gasteiger partial charge in [-0.3, -0.25) is 0 Å². The Kier molecular flexibility index (Phi) is 8.60. The van der Waals surface area contributed by atoms with Crippen molar-refractivity contribution >= 4 is 39.6 Å². The molecule has 37 heavy (non-hydrogen) atoms. The number of thioether (sulfide) groups is 1. The number of allylic oxidation sites excluding steroid dienone is 1. The average molecular weight is 586 g/mol. The molecule has 0 fully saturated rings. The normalized spacial score (nSPS) is 14.6. The molecule has 0 spiro atoms. The molecule has 8 nitrogen and oxygen atoms in total. The van der Waals surface area contributed by atoms with Crippen molar-refractivity contribution in [3.05, 3.63) is 81.5 Å². The first-order chi connectivity index (χ1) is 17.9. The van der Waals surface area contributed by atoms with Crippen LogP contribution in [-0.2, 0) is 16.1 Å². The van der Waals surface area contributed by atoms with Crippen LogP contribution >= 0.6 is 27.7 Å². The van der Waals surface area contributed by atoms with Gasteiger partial charge in [0.2, 0.25) is 11.1 Å². The third kappa shape index (κ3) is 5.70. The molecule has 2 aromatic carbocycles. The van der Waals surface area contributed by atoms with Crippen molar-refractivity contribution in [3.63, 3.8) is 0 Å². The summed E-state index contributed by atoms with van der Waals surface area (Å²) in [5.74, 6) is 2.00. The highest BCUT2D eigenvalue weighted by atomic mass is 79.9. The van der Waals surface area contributed by atoms with Gasteiger partial charge >= 0.3 is 5.97 Å². The van der Waals surface area contributed by atoms with E-state index in [1.54, 1.807) is 11.8 Å². The Bertz CT molecular complexity index is 1350. The Morgan fingerprint density at radius 3 is 2.78 bits per heavy atom. The van der Waals surface area contributed by atoms with Crippen molar-refractivity contribution in [2.45, 2.75) is 38.6 Å². The third-order valence-electron chi connectivity index (χ3n) is 5.86. The molecule has 0 bridgehead atoms. The maximum Gasteiger partial charge on any atom is 0.338 e. The Morgan fingerprint density at radius 2 is 2.08 bits per heavy atom. The molecule has 2 heterocycles. The van der Waals surface area contributed by atoms with E-state index in [1.165, 1.54) is 17.8 Å². The van der Waals surface area contributed by atoms with Crippen LogP contribution in [0.2, 0.25) is 0 Å². The predicted octanol–water partition coefficient (Wildman–Crippen LogP) is 6.07. The summed E-state index contributed by atoms with van der Waals surface area (Å²) >= 11 is 5.19. The lowest BCUT2D eigenvalue weighted by Crippen LogP contribution is -2.29. The quantitative estimate of drug-likeness (QED) is 0.174. The van der Waals surface area contributed by atoms with Crippen molar-refractivity contribution in [3.8, 4) is 11.5 Å². The fourth-order valence-corrected chi connectivity index (χ4v) is 5.20. The summed E-state index contributed by atoms with van der Waals surface area (Å²) < 4.78 is 19.8. The summed E-state index contributed by atoms with van der Waals surface area (Å²) in [5, 5.41) is 8.52. The van der Waals surface area contributed by atoms with Gasteiger partial charge in [-0.15, -0.1) is 5.10 Å². The third-order valence-corrected chi connectivity index (χ3v) is 7.17. The van der Waals surface area contributed by atoms with Gasteiger partial charge in [0.05, 0.1) is 17.2 Å². The summed E-state index contributed by atoms with van der Waals surface area (Å²) in [7, 11) is 1.59. The molecule has 0 radical (unpaired) electrons. The number of anilines is 1. The summed E-state index contributed by atoms with van der Waals surface area (Å²) in [6.07, 6.45) is 1.54. The lowest BCUT2D eigenvalue weighted by atomic mass is 9.95. The predicted molar refractivity (Wildman–Crippen MR) is 148 cm³/mol. The summed E-state index contributed by atoms with van der Waals surface area (Å²) in [4.78, 5) is 17.8. The van der Waals surface area contributed by atoms with Crippen LogP contribution < -0.4 is 14.8 Å². The van der Waals surface area contributed by atoms with Gasteiger partial charge in [-0.25, -0.2) is 9.48 Å². The molecule has 1 N–H and O–H groups in total. The number of ether oxygens (including phenoxy) is 3. The highest BCUT2D eigenvalue weighted by Gasteiger charge is 2.36. The minimum Gasteiger partial charge on any atom is -0.493 e. The molecule has 1 aromatic heterocycles. The van der Waals surface area contributed by atoms with Crippen LogP contribution in [0.3, 0.4) is 0 Å². The number of fused-ring (bicyclic) bond motifs is 1. The van der Waals surface area contributed by atoms with Crippen molar-refractivity contribution in [1.82, 2.24) is 14.8 Å². The average Bonchev–Trinajstić information content (AvgIpc) is 3.28. The number of halogens is 1. The number of benzene rings is 2. The van der Waals surface area contributed by atoms with E-state index in [4.69, 9.17) is 19.3 Å². The SMILES string of the molecule is C=CCOC(=O)C1=C(C)Nc2nc(SCC)nn2C1c1cc(Br)c(OCc2ccccc2C)c(OC)c1. The molecular formula is C27H29BrN4O4S. The zero-order chi connectivity index (χ0) is 26.5. The van der Waals surface area contributed by atoms with E-state index in [0.29, 0.717) is 45.0 Å². The Balaban J connectivity index is 1.77. The second-order valence-corrected chi connectivity index (χ2v) is 10.4. The van der Waals surface area contributed by atoms with Gasteiger partial charge in [0.15, 0.2) is 11.5 Å². The summed E-state index contributed by atoms with van der Waals surface area (Å²) in [5.41, 5.74) is 4.05. The number of hydrogen-bond donors (Lipinski definition) is 1. The maximum absolute atomic E-state index is 13.2. The van der Waals surface area contributed by atoms with Gasteiger partial charge < -0.3 is 19.5 Å². The van der Waals surface area contributed by atoms with Gasteiger partial charge in [0.1, 0.15) is 19.3 Å². The number of nitrogens with zero attached hydrogens (tertiary/aromatic N) is 3. The molecule has 0 amide bonds. The van der Waals surface area contributed by atoms with Crippen molar-refractivity contribution in [2.24, 2.45) is 0 Å². The second kappa shape index (κ2) is 11.9. The topological polar surface area (TPSA) is 87.5 Å². The first-order valence-electron chi connectivity index (χ1n) is 11.8. The molecule has 10 heteroatoms. The fourth-order valence-electron chi connectivity index (χ4n) is 4.07. The minimum atomic E-state index is -0.595. The van der Waals surface area contributed by atoms with E-state index in [-0.39, 0.29) is 6.61 Å². The first kappa shape index (κ1) is 26.8. The van der Waals surface area contributed by atoms with E-state index < -0.39 is 12.0 Å². The Hall–Kier alpha value is -3.24. The molecule has 1 aliphatic heterocycles. The van der Waals surface area contributed by atoms with Crippen LogP contribution in [0.1, 0.15) is 36.6 Å². The Labute approximate surface area is 229 Å². The highest BCUT2D eigenvalue weighted by Crippen LogP contribution is 2.43. The molecule has 194 valence electrons. The lowest BCUT2D eigenvalue weighted by Gasteiger charge is -2.28. The molecular weight excluding hydrogens is 556 g/mol. The lowest BCUT2D eigenvalue weighted by molar-refractivity contribution is -0.138. The largest absolute Gasteiger partial charge is 0.493 e. The maximum atomic E-state index is 13.2. The van der Waals surface area contributed by atoms with Crippen LogP contribution in [-0.4, -0.2) is 40.2 Å². The van der Waals surface area contributed by atoms with Crippen molar-refractivity contribution in [1.29, 1.82) is 0 Å². The van der Waals surface area contributed by atoms with Gasteiger partial charge in [-0.1, -0.05) is 55.6 Å². The molecule has 0 saturated carbocycles. The summed E-state index contributed by atoms with van der Waals surface area (Å²) in [6, 6.07) is 11.2. The van der Waals surface area contributed by atoms with E-state index in [9.17, 15) is 4.79 Å². The van der Waals surface area contributed by atoms with Crippen LogP contribution in [0.15, 0.2) is 70.0 Å². The number of nitrogens with one attached hydrogen (secondary N) is 1. The molecule has 0 saturated heterocycles. The van der Waals surface area contributed by atoms with Gasteiger partial charge in [-0.05, 0) is 64.4 Å². The molecule has 3 aromatic rings. The number of rotatable bonds is 10. The van der Waals surface area contributed by atoms with E-state index in [0.717, 1.165) is 22.4 Å². The van der Waals surface area contributed by atoms with Crippen LogP contribution in [0.4, 0.5) is 5.95 Å². The standard InChI is InChI=1S/C27H29BrN4O4S/c1-6-12-35-25(33)22-17(4)29-26-30-27(37-7-2)31-32(26)23(22)19-13-20(28)24(21(14-19)34-5)36-15-18-11-9-8-10-16(18)3/h6,8-11,13-14,23H,1,7,12,15H2,2-5H3,(H,29,30,31). The number of carbonyl (C=O) groups is 1. The van der Waals surface area contributed by atoms with Gasteiger partial charge in [-0.2, -0.15) is 4.98 Å². The zero-order valence-electron chi connectivity index (χ0n) is 21.2. The van der Waals surface area contributed by atoms with E-state index >= 15 is 0 Å². The number of aryl methyl sites for hydroxylation is 1. The fraction of sp³-hybridized carbons (Fsp3) is 0.296. The number of methoxy groups -OCH3 is 1. The van der Waals surface area contributed by atoms with Crippen molar-refractivity contribution in [2.75, 3.05) is 24.8 Å². The smallest absolute Gasteiger partial charge is 0.338 e. The minimum absolute atomic E-state index is 0.0994. The zero-order valence-corrected chi connectivity index (χ0v) is 23.6.